The highest BCUT2D eigenvalue weighted by molar-refractivity contribution is 6.04. The number of hydrogen-bond acceptors (Lipinski definition) is 5. The molecular formula is C22H23N3O3. The molecule has 1 aromatic heterocycles. The fourth-order valence-electron chi connectivity index (χ4n) is 2.80. The molecule has 0 fully saturated rings. The molecule has 2 aromatic carbocycles. The third-order valence-electron chi connectivity index (χ3n) is 4.34. The first kappa shape index (κ1) is 19.2. The predicted molar refractivity (Wildman–Crippen MR) is 110 cm³/mol. The quantitative estimate of drug-likeness (QED) is 0.675. The minimum Gasteiger partial charge on any atom is -0.493 e. The number of nitrogens with zero attached hydrogens (tertiary/aromatic N) is 2. The summed E-state index contributed by atoms with van der Waals surface area (Å²) < 4.78 is 10.4. The summed E-state index contributed by atoms with van der Waals surface area (Å²) in [5, 5.41) is 2.80. The van der Waals surface area contributed by atoms with Crippen LogP contribution >= 0.6 is 0 Å². The van der Waals surface area contributed by atoms with E-state index < -0.39 is 0 Å². The van der Waals surface area contributed by atoms with Gasteiger partial charge in [0.2, 0.25) is 0 Å². The molecule has 3 aromatic rings. The normalized spacial score (nSPS) is 10.2. The Bertz CT molecular complexity index is 928. The summed E-state index contributed by atoms with van der Waals surface area (Å²) in [6, 6.07) is 18.9. The van der Waals surface area contributed by atoms with Crippen LogP contribution in [0.25, 0.3) is 0 Å². The number of aromatic nitrogens is 1. The number of hydrogen-bond donors (Lipinski definition) is 1. The number of nitrogens with one attached hydrogen (secondary N) is 1. The van der Waals surface area contributed by atoms with Crippen molar-refractivity contribution in [1.29, 1.82) is 0 Å². The van der Waals surface area contributed by atoms with Gasteiger partial charge < -0.3 is 19.7 Å². The molecule has 0 unspecified atom stereocenters. The summed E-state index contributed by atoms with van der Waals surface area (Å²) in [6.07, 6.45) is 1.74. The molecule has 0 bridgehead atoms. The largest absolute Gasteiger partial charge is 0.493 e. The van der Waals surface area contributed by atoms with Crippen molar-refractivity contribution in [2.75, 3.05) is 31.5 Å². The molecule has 1 N–H and O–H groups in total. The van der Waals surface area contributed by atoms with Crippen LogP contribution in [0.2, 0.25) is 0 Å². The molecular weight excluding hydrogens is 354 g/mol. The van der Waals surface area contributed by atoms with Gasteiger partial charge in [0.15, 0.2) is 11.5 Å². The van der Waals surface area contributed by atoms with E-state index in [1.807, 2.05) is 31.3 Å². The van der Waals surface area contributed by atoms with Crippen LogP contribution in [-0.2, 0) is 6.54 Å². The molecule has 1 amide bonds. The molecule has 6 nitrogen and oxygen atoms in total. The second-order valence-corrected chi connectivity index (χ2v) is 6.27. The van der Waals surface area contributed by atoms with E-state index in [1.165, 1.54) is 12.7 Å². The number of carbonyl (C=O) groups is 1. The number of carbonyl (C=O) groups excluding carboxylic acids is 1. The number of pyridine rings is 1. The van der Waals surface area contributed by atoms with E-state index in [-0.39, 0.29) is 5.91 Å². The van der Waals surface area contributed by atoms with Crippen molar-refractivity contribution in [3.8, 4) is 11.5 Å². The Morgan fingerprint density at radius 2 is 1.75 bits per heavy atom. The van der Waals surface area contributed by atoms with Crippen molar-refractivity contribution in [1.82, 2.24) is 4.98 Å². The van der Waals surface area contributed by atoms with Gasteiger partial charge in [0.25, 0.3) is 5.91 Å². The lowest BCUT2D eigenvalue weighted by Crippen LogP contribution is -2.17. The fraction of sp³-hybridized carbons (Fsp3) is 0.182. The van der Waals surface area contributed by atoms with Gasteiger partial charge in [0.1, 0.15) is 5.82 Å². The van der Waals surface area contributed by atoms with Crippen LogP contribution in [0.1, 0.15) is 15.9 Å². The molecule has 6 heteroatoms. The molecule has 0 aliphatic rings. The molecule has 0 saturated heterocycles. The topological polar surface area (TPSA) is 63.7 Å². The SMILES string of the molecule is COc1ccc(C(=O)Nc2ccc(N(C)Cc3ccccc3)cn2)cc1OC. The highest BCUT2D eigenvalue weighted by atomic mass is 16.5. The van der Waals surface area contributed by atoms with Gasteiger partial charge in [-0.3, -0.25) is 4.79 Å². The van der Waals surface area contributed by atoms with Crippen LogP contribution in [0.15, 0.2) is 66.9 Å². The van der Waals surface area contributed by atoms with Crippen molar-refractivity contribution in [3.63, 3.8) is 0 Å². The number of anilines is 2. The molecule has 0 aliphatic carbocycles. The zero-order chi connectivity index (χ0) is 19.9. The Morgan fingerprint density at radius 1 is 1.00 bits per heavy atom. The van der Waals surface area contributed by atoms with Gasteiger partial charge in [0, 0.05) is 19.2 Å². The standard InChI is InChI=1S/C22H23N3O3/c1-25(15-16-7-5-4-6-8-16)18-10-12-21(23-14-18)24-22(26)17-9-11-19(27-2)20(13-17)28-3/h4-14H,15H2,1-3H3,(H,23,24,26). The first-order chi connectivity index (χ1) is 13.6. The van der Waals surface area contributed by atoms with E-state index in [1.54, 1.807) is 37.6 Å². The third-order valence-corrected chi connectivity index (χ3v) is 4.34. The number of rotatable bonds is 7. The third kappa shape index (κ3) is 4.59. The summed E-state index contributed by atoms with van der Waals surface area (Å²) in [5.74, 6) is 1.29. The molecule has 144 valence electrons. The predicted octanol–water partition coefficient (Wildman–Crippen LogP) is 3.99. The maximum atomic E-state index is 12.5. The van der Waals surface area contributed by atoms with E-state index >= 15 is 0 Å². The molecule has 0 aliphatic heterocycles. The van der Waals surface area contributed by atoms with E-state index in [2.05, 4.69) is 27.3 Å². The Balaban J connectivity index is 1.66. The lowest BCUT2D eigenvalue weighted by atomic mass is 10.2. The summed E-state index contributed by atoms with van der Waals surface area (Å²) in [4.78, 5) is 18.9. The lowest BCUT2D eigenvalue weighted by Gasteiger charge is -2.19. The number of amides is 1. The van der Waals surface area contributed by atoms with Crippen LogP contribution in [0.5, 0.6) is 11.5 Å². The maximum absolute atomic E-state index is 12.5. The average molecular weight is 377 g/mol. The van der Waals surface area contributed by atoms with Crippen LogP contribution in [0.3, 0.4) is 0 Å². The first-order valence-corrected chi connectivity index (χ1v) is 8.85. The van der Waals surface area contributed by atoms with Gasteiger partial charge in [-0.05, 0) is 35.9 Å². The molecule has 0 spiro atoms. The van der Waals surface area contributed by atoms with Gasteiger partial charge in [0.05, 0.1) is 26.1 Å². The molecule has 0 saturated carbocycles. The fourth-order valence-corrected chi connectivity index (χ4v) is 2.80. The van der Waals surface area contributed by atoms with Gasteiger partial charge in [-0.15, -0.1) is 0 Å². The van der Waals surface area contributed by atoms with Crippen LogP contribution in [-0.4, -0.2) is 32.2 Å². The summed E-state index contributed by atoms with van der Waals surface area (Å²) in [6.45, 7) is 0.778. The molecule has 0 atom stereocenters. The minimum atomic E-state index is -0.265. The molecule has 28 heavy (non-hydrogen) atoms. The second-order valence-electron chi connectivity index (χ2n) is 6.27. The van der Waals surface area contributed by atoms with Crippen molar-refractivity contribution in [2.24, 2.45) is 0 Å². The number of benzene rings is 2. The van der Waals surface area contributed by atoms with Gasteiger partial charge in [-0.25, -0.2) is 4.98 Å². The van der Waals surface area contributed by atoms with E-state index in [4.69, 9.17) is 9.47 Å². The van der Waals surface area contributed by atoms with Crippen LogP contribution in [0.4, 0.5) is 11.5 Å². The number of methoxy groups -OCH3 is 2. The zero-order valence-electron chi connectivity index (χ0n) is 16.2. The van der Waals surface area contributed by atoms with E-state index in [0.29, 0.717) is 22.9 Å². The Labute approximate surface area is 164 Å². The summed E-state index contributed by atoms with van der Waals surface area (Å²) in [7, 11) is 5.09. The molecule has 0 radical (unpaired) electrons. The van der Waals surface area contributed by atoms with Crippen molar-refractivity contribution in [3.05, 3.63) is 78.0 Å². The van der Waals surface area contributed by atoms with Crippen LogP contribution < -0.4 is 19.7 Å². The maximum Gasteiger partial charge on any atom is 0.256 e. The van der Waals surface area contributed by atoms with Crippen molar-refractivity contribution in [2.45, 2.75) is 6.54 Å². The van der Waals surface area contributed by atoms with E-state index in [9.17, 15) is 4.79 Å². The molecule has 3 rings (SSSR count). The van der Waals surface area contributed by atoms with Crippen molar-refractivity contribution < 1.29 is 14.3 Å². The highest BCUT2D eigenvalue weighted by Gasteiger charge is 2.12. The smallest absolute Gasteiger partial charge is 0.256 e. The summed E-state index contributed by atoms with van der Waals surface area (Å²) >= 11 is 0. The van der Waals surface area contributed by atoms with E-state index in [0.717, 1.165) is 12.2 Å². The lowest BCUT2D eigenvalue weighted by molar-refractivity contribution is 0.102. The summed E-state index contributed by atoms with van der Waals surface area (Å²) in [5.41, 5.74) is 2.65. The highest BCUT2D eigenvalue weighted by Crippen LogP contribution is 2.27. The van der Waals surface area contributed by atoms with Gasteiger partial charge >= 0.3 is 0 Å². The second kappa shape index (κ2) is 8.90. The monoisotopic (exact) mass is 377 g/mol. The Hall–Kier alpha value is -3.54. The Morgan fingerprint density at radius 3 is 2.39 bits per heavy atom. The first-order valence-electron chi connectivity index (χ1n) is 8.85. The minimum absolute atomic E-state index is 0.265. The van der Waals surface area contributed by atoms with Gasteiger partial charge in [-0.2, -0.15) is 0 Å². The van der Waals surface area contributed by atoms with Crippen molar-refractivity contribution >= 4 is 17.4 Å². The number of ether oxygens (including phenoxy) is 2. The molecule has 1 heterocycles. The zero-order valence-corrected chi connectivity index (χ0v) is 16.2. The van der Waals surface area contributed by atoms with Crippen LogP contribution in [0, 0.1) is 0 Å². The van der Waals surface area contributed by atoms with Gasteiger partial charge in [-0.1, -0.05) is 30.3 Å². The Kier molecular flexibility index (Phi) is 6.11. The average Bonchev–Trinajstić information content (AvgIpc) is 2.74.